The van der Waals surface area contributed by atoms with Crippen LogP contribution < -0.4 is 10.6 Å². The molecule has 0 aliphatic heterocycles. The van der Waals surface area contributed by atoms with Crippen molar-refractivity contribution in [3.05, 3.63) is 93.5 Å². The van der Waals surface area contributed by atoms with E-state index in [4.69, 9.17) is 4.74 Å². The summed E-state index contributed by atoms with van der Waals surface area (Å²) in [6.45, 7) is 3.11. The molecule has 0 spiro atoms. The lowest BCUT2D eigenvalue weighted by atomic mass is 9.98. The fourth-order valence-electron chi connectivity index (χ4n) is 7.10. The molecule has 2 aliphatic carbocycles. The van der Waals surface area contributed by atoms with Gasteiger partial charge < -0.3 is 15.4 Å². The van der Waals surface area contributed by atoms with Gasteiger partial charge in [-0.15, -0.1) is 0 Å². The average molecular weight is 942 g/mol. The smallest absolute Gasteiger partial charge is 0.390 e. The SMILES string of the molecule is COC(=O)c1cc(NCCC(F)(F)F)c2ncc(-c3ccc(C(=O)CC4CC4)c(C)c3)n2n1.Cc1cc(-c2cnc3c(NCCC(F)(F)F)cc(Br)nn23)ccc1C(=O)CC1CC1. The number of carbonyl (C=O) groups is 3. The summed E-state index contributed by atoms with van der Waals surface area (Å²) < 4.78 is 83.4. The van der Waals surface area contributed by atoms with E-state index in [9.17, 15) is 40.7 Å². The maximum atomic E-state index is 12.6. The van der Waals surface area contributed by atoms with E-state index in [1.165, 1.54) is 23.9 Å². The van der Waals surface area contributed by atoms with E-state index >= 15 is 0 Å². The van der Waals surface area contributed by atoms with E-state index in [-0.39, 0.29) is 41.7 Å². The second kappa shape index (κ2) is 18.5. The van der Waals surface area contributed by atoms with E-state index in [1.54, 1.807) is 28.9 Å². The van der Waals surface area contributed by atoms with Crippen LogP contribution in [0, 0.1) is 25.7 Å². The van der Waals surface area contributed by atoms with Gasteiger partial charge in [0.25, 0.3) is 0 Å². The first-order valence-corrected chi connectivity index (χ1v) is 21.1. The minimum Gasteiger partial charge on any atom is -0.464 e. The molecule has 19 heteroatoms. The van der Waals surface area contributed by atoms with Crippen molar-refractivity contribution >= 4 is 56.1 Å². The Bertz CT molecular complexity index is 2690. The summed E-state index contributed by atoms with van der Waals surface area (Å²) in [5, 5.41) is 14.2. The molecule has 2 N–H and O–H groups in total. The number of hydrogen-bond acceptors (Lipinski definition) is 10. The summed E-state index contributed by atoms with van der Waals surface area (Å²) in [5.74, 6) is 0.561. The third-order valence-corrected chi connectivity index (χ3v) is 11.1. The van der Waals surface area contributed by atoms with Crippen LogP contribution in [0.2, 0.25) is 0 Å². The molecule has 6 aromatic rings. The number of anilines is 2. The molecule has 2 fully saturated rings. The number of ether oxygens (including phenoxy) is 1. The van der Waals surface area contributed by atoms with Crippen molar-refractivity contribution in [3.8, 4) is 22.5 Å². The number of nitrogens with zero attached hydrogens (tertiary/aromatic N) is 6. The zero-order valence-corrected chi connectivity index (χ0v) is 36.0. The van der Waals surface area contributed by atoms with Gasteiger partial charge in [-0.3, -0.25) is 9.59 Å². The fraction of sp³-hybridized carbons (Fsp3) is 0.386. The van der Waals surface area contributed by atoms with Crippen molar-refractivity contribution < 1.29 is 45.5 Å². The Balaban J connectivity index is 0.000000190. The number of ketones is 2. The summed E-state index contributed by atoms with van der Waals surface area (Å²) in [5.41, 5.74) is 7.14. The predicted molar refractivity (Wildman–Crippen MR) is 227 cm³/mol. The second-order valence-corrected chi connectivity index (χ2v) is 16.7. The van der Waals surface area contributed by atoms with Gasteiger partial charge in [-0.25, -0.2) is 23.8 Å². The number of aromatic nitrogens is 6. The Morgan fingerprint density at radius 3 is 1.56 bits per heavy atom. The van der Waals surface area contributed by atoms with E-state index < -0.39 is 31.2 Å². The maximum Gasteiger partial charge on any atom is 0.390 e. The molecule has 0 saturated heterocycles. The number of esters is 1. The molecule has 2 saturated carbocycles. The summed E-state index contributed by atoms with van der Waals surface area (Å²) in [6, 6.07) is 13.9. The molecule has 0 unspecified atom stereocenters. The van der Waals surface area contributed by atoms with Gasteiger partial charge in [0, 0.05) is 54.3 Å². The minimum absolute atomic E-state index is 0.0771. The molecule has 0 radical (unpaired) electrons. The summed E-state index contributed by atoms with van der Waals surface area (Å²) in [4.78, 5) is 45.8. The summed E-state index contributed by atoms with van der Waals surface area (Å²) in [6.07, 6.45) is -1.79. The Morgan fingerprint density at radius 2 is 1.14 bits per heavy atom. The number of benzene rings is 2. The van der Waals surface area contributed by atoms with Gasteiger partial charge in [0.15, 0.2) is 28.6 Å². The van der Waals surface area contributed by atoms with Gasteiger partial charge in [-0.1, -0.05) is 24.3 Å². The fourth-order valence-corrected chi connectivity index (χ4v) is 7.49. The number of rotatable bonds is 15. The van der Waals surface area contributed by atoms with Gasteiger partial charge in [-0.2, -0.15) is 36.5 Å². The van der Waals surface area contributed by atoms with Crippen molar-refractivity contribution in [2.45, 2.75) is 77.6 Å². The van der Waals surface area contributed by atoms with Crippen molar-refractivity contribution in [2.24, 2.45) is 11.8 Å². The average Bonchev–Trinajstić information content (AvgIpc) is 4.13. The third-order valence-electron chi connectivity index (χ3n) is 10.7. The zero-order chi connectivity index (χ0) is 45.2. The quantitative estimate of drug-likeness (QED) is 0.0580. The van der Waals surface area contributed by atoms with Gasteiger partial charge in [0.1, 0.15) is 4.60 Å². The van der Waals surface area contributed by atoms with E-state index in [2.05, 4.69) is 46.7 Å². The molecule has 8 rings (SSSR count). The normalized spacial score (nSPS) is 14.1. The van der Waals surface area contributed by atoms with Crippen LogP contribution in [0.5, 0.6) is 0 Å². The van der Waals surface area contributed by atoms with Gasteiger partial charge >= 0.3 is 18.3 Å². The third kappa shape index (κ3) is 11.4. The van der Waals surface area contributed by atoms with Crippen LogP contribution >= 0.6 is 15.9 Å². The molecule has 4 aromatic heterocycles. The lowest BCUT2D eigenvalue weighted by Crippen LogP contribution is -2.16. The van der Waals surface area contributed by atoms with E-state index in [0.29, 0.717) is 63.1 Å². The Labute approximate surface area is 366 Å². The molecule has 12 nitrogen and oxygen atoms in total. The van der Waals surface area contributed by atoms with Crippen molar-refractivity contribution in [1.29, 1.82) is 0 Å². The number of imidazole rings is 2. The highest BCUT2D eigenvalue weighted by Gasteiger charge is 2.29. The molecular weight excluding hydrogens is 898 g/mol. The number of halogens is 7. The van der Waals surface area contributed by atoms with Crippen LogP contribution in [0.1, 0.15) is 93.7 Å². The number of carbonyl (C=O) groups excluding carboxylic acids is 3. The minimum atomic E-state index is -4.32. The van der Waals surface area contributed by atoms with Crippen LogP contribution in [-0.2, 0) is 4.74 Å². The number of alkyl halides is 6. The lowest BCUT2D eigenvalue weighted by Gasteiger charge is -2.12. The van der Waals surface area contributed by atoms with Crippen molar-refractivity contribution in [3.63, 3.8) is 0 Å². The first-order valence-electron chi connectivity index (χ1n) is 20.3. The molecule has 0 amide bonds. The Morgan fingerprint density at radius 1 is 0.698 bits per heavy atom. The summed E-state index contributed by atoms with van der Waals surface area (Å²) >= 11 is 3.31. The topological polar surface area (TPSA) is 145 Å². The molecule has 0 atom stereocenters. The Kier molecular flexibility index (Phi) is 13.2. The van der Waals surface area contributed by atoms with Crippen LogP contribution in [-0.4, -0.2) is 79.3 Å². The van der Waals surface area contributed by atoms with E-state index in [1.807, 2.05) is 38.1 Å². The molecule has 2 aromatic carbocycles. The number of methoxy groups -OCH3 is 1. The highest BCUT2D eigenvalue weighted by atomic mass is 79.9. The van der Waals surface area contributed by atoms with Crippen molar-refractivity contribution in [2.75, 3.05) is 30.8 Å². The first kappa shape index (κ1) is 45.2. The van der Waals surface area contributed by atoms with Gasteiger partial charge in [0.2, 0.25) is 0 Å². The molecular formula is C44H43BrF6N8O4. The summed E-state index contributed by atoms with van der Waals surface area (Å²) in [7, 11) is 1.19. The highest BCUT2D eigenvalue weighted by molar-refractivity contribution is 9.10. The molecule has 332 valence electrons. The largest absolute Gasteiger partial charge is 0.464 e. The molecule has 63 heavy (non-hydrogen) atoms. The lowest BCUT2D eigenvalue weighted by molar-refractivity contribution is -0.132. The maximum absolute atomic E-state index is 12.6. The zero-order valence-electron chi connectivity index (χ0n) is 34.5. The second-order valence-electron chi connectivity index (χ2n) is 15.9. The van der Waals surface area contributed by atoms with E-state index in [0.717, 1.165) is 47.9 Å². The van der Waals surface area contributed by atoms with Gasteiger partial charge in [0.05, 0.1) is 55.1 Å². The molecule has 2 aliphatic rings. The monoisotopic (exact) mass is 940 g/mol. The molecule has 4 heterocycles. The van der Waals surface area contributed by atoms with Crippen LogP contribution in [0.3, 0.4) is 0 Å². The molecule has 0 bridgehead atoms. The van der Waals surface area contributed by atoms with Gasteiger partial charge in [-0.05, 0) is 96.6 Å². The predicted octanol–water partition coefficient (Wildman–Crippen LogP) is 10.7. The van der Waals surface area contributed by atoms with Crippen LogP contribution in [0.15, 0.2) is 65.5 Å². The van der Waals surface area contributed by atoms with Crippen molar-refractivity contribution in [1.82, 2.24) is 29.2 Å². The first-order chi connectivity index (χ1) is 29.9. The highest BCUT2D eigenvalue weighted by Crippen LogP contribution is 2.36. The van der Waals surface area contributed by atoms with Crippen LogP contribution in [0.4, 0.5) is 37.7 Å². The number of nitrogens with one attached hydrogen (secondary N) is 2. The number of fused-ring (bicyclic) bond motifs is 2. The standard InChI is InChI=1S/C23H23F3N4O3.C21H20BrF3N4O/c1-13-9-15(5-6-16(13)20(31)10-14-3-4-14)19-12-28-21-17(27-8-7-23(24,25)26)11-18(22(32)33-2)29-30(19)21;1-12-8-14(4-5-15(12)18(30)9-13-2-3-13)17-11-27-20-16(10-19(22)28-29(17)20)26-7-6-21(23,24)25/h5-6,9,11-12,14,27H,3-4,7-8,10H2,1-2H3;4-5,8,10-11,13,26H,2-3,6-7,9H2,1H3. The Hall–Kier alpha value is -5.85. The number of hydrogen-bond donors (Lipinski definition) is 2. The number of aryl methyl sites for hydroxylation is 2. The number of Topliss-reactive ketones (excluding diaryl/α,β-unsaturated/α-hetero) is 2. The van der Waals surface area contributed by atoms with Crippen LogP contribution in [0.25, 0.3) is 33.8 Å².